The molecule has 22 heavy (non-hydrogen) atoms. The molecule has 3 rings (SSSR count). The molecule has 2 aromatic rings. The van der Waals surface area contributed by atoms with Crippen LogP contribution in [0.5, 0.6) is 23.0 Å². The van der Waals surface area contributed by atoms with Crippen LogP contribution in [0.25, 0.3) is 11.1 Å². The van der Waals surface area contributed by atoms with Crippen molar-refractivity contribution in [3.63, 3.8) is 0 Å². The lowest BCUT2D eigenvalue weighted by Crippen LogP contribution is -2.08. The summed E-state index contributed by atoms with van der Waals surface area (Å²) < 4.78 is 21.9. The number of aryl methyl sites for hydroxylation is 2. The van der Waals surface area contributed by atoms with Crippen molar-refractivity contribution in [3.8, 4) is 34.1 Å². The van der Waals surface area contributed by atoms with Gasteiger partial charge < -0.3 is 18.9 Å². The molecule has 2 aromatic carbocycles. The molecule has 0 radical (unpaired) electrons. The zero-order chi connectivity index (χ0) is 15.7. The summed E-state index contributed by atoms with van der Waals surface area (Å²) >= 11 is 0. The quantitative estimate of drug-likeness (QED) is 0.866. The first-order valence-electron chi connectivity index (χ1n) is 7.22. The van der Waals surface area contributed by atoms with Gasteiger partial charge in [0.25, 0.3) is 0 Å². The van der Waals surface area contributed by atoms with Gasteiger partial charge in [-0.05, 0) is 47.7 Å². The average molecular weight is 300 g/mol. The Hall–Kier alpha value is -2.36. The van der Waals surface area contributed by atoms with E-state index < -0.39 is 0 Å². The molecule has 0 atom stereocenters. The van der Waals surface area contributed by atoms with Gasteiger partial charge in [0.1, 0.15) is 5.75 Å². The van der Waals surface area contributed by atoms with Crippen LogP contribution in [-0.2, 0) is 12.8 Å². The molecule has 0 unspecified atom stereocenters. The molecule has 0 N–H and O–H groups in total. The second-order valence-corrected chi connectivity index (χ2v) is 5.20. The van der Waals surface area contributed by atoms with E-state index in [2.05, 4.69) is 12.1 Å². The van der Waals surface area contributed by atoms with Gasteiger partial charge in [0.15, 0.2) is 11.5 Å². The van der Waals surface area contributed by atoms with E-state index in [1.165, 1.54) is 16.7 Å². The van der Waals surface area contributed by atoms with E-state index in [0.717, 1.165) is 29.9 Å². The van der Waals surface area contributed by atoms with Crippen LogP contribution < -0.4 is 18.9 Å². The second kappa shape index (κ2) is 5.79. The van der Waals surface area contributed by atoms with Gasteiger partial charge >= 0.3 is 0 Å². The highest BCUT2D eigenvalue weighted by atomic mass is 16.5. The molecule has 0 amide bonds. The Morgan fingerprint density at radius 1 is 0.727 bits per heavy atom. The molecule has 1 aliphatic carbocycles. The number of methoxy groups -OCH3 is 4. The zero-order valence-electron chi connectivity index (χ0n) is 13.4. The SMILES string of the molecule is COc1ccc2c(c1)CCc1cc(OC)c(OC)c(OC)c1-2. The lowest BCUT2D eigenvalue weighted by molar-refractivity contribution is 0.324. The van der Waals surface area contributed by atoms with Crippen molar-refractivity contribution in [1.82, 2.24) is 0 Å². The molecule has 0 aliphatic heterocycles. The summed E-state index contributed by atoms with van der Waals surface area (Å²) in [6.45, 7) is 0. The maximum atomic E-state index is 5.65. The first kappa shape index (κ1) is 14.6. The van der Waals surface area contributed by atoms with Crippen molar-refractivity contribution in [3.05, 3.63) is 35.4 Å². The molecule has 0 saturated heterocycles. The van der Waals surface area contributed by atoms with Crippen molar-refractivity contribution >= 4 is 0 Å². The standard InChI is InChI=1S/C18H20O4/c1-19-13-7-8-14-11(9-13)5-6-12-10-15(20-2)17(21-3)18(22-4)16(12)14/h7-10H,5-6H2,1-4H3. The summed E-state index contributed by atoms with van der Waals surface area (Å²) in [4.78, 5) is 0. The molecule has 4 heteroatoms. The predicted octanol–water partition coefficient (Wildman–Crippen LogP) is 3.49. The second-order valence-electron chi connectivity index (χ2n) is 5.20. The van der Waals surface area contributed by atoms with E-state index in [1.807, 2.05) is 12.1 Å². The fourth-order valence-electron chi connectivity index (χ4n) is 3.12. The topological polar surface area (TPSA) is 36.9 Å². The molecule has 0 aromatic heterocycles. The van der Waals surface area contributed by atoms with Crippen LogP contribution in [0.2, 0.25) is 0 Å². The zero-order valence-corrected chi connectivity index (χ0v) is 13.4. The molecule has 0 fully saturated rings. The van der Waals surface area contributed by atoms with Gasteiger partial charge in [0, 0.05) is 5.56 Å². The van der Waals surface area contributed by atoms with Gasteiger partial charge in [-0.2, -0.15) is 0 Å². The first-order valence-corrected chi connectivity index (χ1v) is 7.22. The lowest BCUT2D eigenvalue weighted by Gasteiger charge is -2.25. The molecule has 0 spiro atoms. The number of ether oxygens (including phenoxy) is 4. The van der Waals surface area contributed by atoms with Crippen LogP contribution in [0.15, 0.2) is 24.3 Å². The fourth-order valence-corrected chi connectivity index (χ4v) is 3.12. The number of benzene rings is 2. The van der Waals surface area contributed by atoms with Crippen LogP contribution in [0.1, 0.15) is 11.1 Å². The minimum absolute atomic E-state index is 0.632. The van der Waals surface area contributed by atoms with E-state index >= 15 is 0 Å². The Bertz CT molecular complexity index is 707. The van der Waals surface area contributed by atoms with Crippen molar-refractivity contribution in [2.45, 2.75) is 12.8 Å². The average Bonchev–Trinajstić information content (AvgIpc) is 2.58. The molecular formula is C18H20O4. The van der Waals surface area contributed by atoms with Crippen LogP contribution in [0, 0.1) is 0 Å². The van der Waals surface area contributed by atoms with E-state index in [4.69, 9.17) is 18.9 Å². The van der Waals surface area contributed by atoms with Crippen LogP contribution in [0.3, 0.4) is 0 Å². The van der Waals surface area contributed by atoms with Gasteiger partial charge in [-0.1, -0.05) is 6.07 Å². The van der Waals surface area contributed by atoms with E-state index in [1.54, 1.807) is 28.4 Å². The normalized spacial score (nSPS) is 12.2. The fraction of sp³-hybridized carbons (Fsp3) is 0.333. The third kappa shape index (κ3) is 2.15. The smallest absolute Gasteiger partial charge is 0.203 e. The number of rotatable bonds is 4. The Morgan fingerprint density at radius 2 is 1.45 bits per heavy atom. The summed E-state index contributed by atoms with van der Waals surface area (Å²) in [6, 6.07) is 8.20. The molecule has 1 aliphatic rings. The Labute approximate surface area is 130 Å². The number of hydrogen-bond acceptors (Lipinski definition) is 4. The van der Waals surface area contributed by atoms with Gasteiger partial charge in [-0.3, -0.25) is 0 Å². The highest BCUT2D eigenvalue weighted by Crippen LogP contribution is 2.49. The molecule has 0 saturated carbocycles. The molecule has 116 valence electrons. The summed E-state index contributed by atoms with van der Waals surface area (Å²) in [7, 11) is 6.62. The van der Waals surface area contributed by atoms with Gasteiger partial charge in [-0.15, -0.1) is 0 Å². The number of fused-ring (bicyclic) bond motifs is 3. The molecular weight excluding hydrogens is 280 g/mol. The molecule has 0 heterocycles. The molecule has 0 bridgehead atoms. The van der Waals surface area contributed by atoms with E-state index in [-0.39, 0.29) is 0 Å². The number of hydrogen-bond donors (Lipinski definition) is 0. The minimum atomic E-state index is 0.632. The van der Waals surface area contributed by atoms with Crippen LogP contribution in [0.4, 0.5) is 0 Å². The Balaban J connectivity index is 2.27. The predicted molar refractivity (Wildman–Crippen MR) is 85.5 cm³/mol. The summed E-state index contributed by atoms with van der Waals surface area (Å²) in [6.07, 6.45) is 1.91. The third-order valence-corrected chi connectivity index (χ3v) is 4.16. The van der Waals surface area contributed by atoms with Crippen molar-refractivity contribution < 1.29 is 18.9 Å². The van der Waals surface area contributed by atoms with Crippen LogP contribution in [-0.4, -0.2) is 28.4 Å². The Kier molecular flexibility index (Phi) is 3.84. The molecule has 4 nitrogen and oxygen atoms in total. The monoisotopic (exact) mass is 300 g/mol. The highest BCUT2D eigenvalue weighted by molar-refractivity contribution is 5.83. The van der Waals surface area contributed by atoms with Gasteiger partial charge in [-0.25, -0.2) is 0 Å². The first-order chi connectivity index (χ1) is 10.7. The van der Waals surface area contributed by atoms with E-state index in [0.29, 0.717) is 11.5 Å². The van der Waals surface area contributed by atoms with Crippen molar-refractivity contribution in [2.75, 3.05) is 28.4 Å². The summed E-state index contributed by atoms with van der Waals surface area (Å²) in [5.41, 5.74) is 4.73. The lowest BCUT2D eigenvalue weighted by atomic mass is 9.84. The van der Waals surface area contributed by atoms with Crippen molar-refractivity contribution in [2.24, 2.45) is 0 Å². The van der Waals surface area contributed by atoms with E-state index in [9.17, 15) is 0 Å². The third-order valence-electron chi connectivity index (χ3n) is 4.16. The van der Waals surface area contributed by atoms with Crippen LogP contribution >= 0.6 is 0 Å². The maximum absolute atomic E-state index is 5.65. The van der Waals surface area contributed by atoms with Gasteiger partial charge in [0.2, 0.25) is 5.75 Å². The maximum Gasteiger partial charge on any atom is 0.203 e. The van der Waals surface area contributed by atoms with Gasteiger partial charge in [0.05, 0.1) is 28.4 Å². The Morgan fingerprint density at radius 3 is 2.09 bits per heavy atom. The minimum Gasteiger partial charge on any atom is -0.497 e. The highest BCUT2D eigenvalue weighted by Gasteiger charge is 2.26. The summed E-state index contributed by atoms with van der Waals surface area (Å²) in [5.74, 6) is 2.94. The summed E-state index contributed by atoms with van der Waals surface area (Å²) in [5, 5.41) is 0. The van der Waals surface area contributed by atoms with Crippen molar-refractivity contribution in [1.29, 1.82) is 0 Å². The largest absolute Gasteiger partial charge is 0.497 e.